The van der Waals surface area contributed by atoms with Crippen LogP contribution in [0, 0.1) is 6.92 Å². The molecule has 72 valence electrons. The number of benzene rings is 1. The molecule has 2 rings (SSSR count). The summed E-state index contributed by atoms with van der Waals surface area (Å²) in [5.41, 5.74) is 1.39. The average Bonchev–Trinajstić information content (AvgIpc) is 2.45. The van der Waals surface area contributed by atoms with E-state index < -0.39 is 7.12 Å². The summed E-state index contributed by atoms with van der Waals surface area (Å²) in [5.74, 6) is 0. The van der Waals surface area contributed by atoms with E-state index in [0.29, 0.717) is 5.46 Å². The Balaban J connectivity index is 2.71. The van der Waals surface area contributed by atoms with Crippen LogP contribution in [0.15, 0.2) is 18.2 Å². The van der Waals surface area contributed by atoms with E-state index >= 15 is 0 Å². The first-order valence-corrected chi connectivity index (χ1v) is 4.99. The Bertz CT molecular complexity index is 478. The van der Waals surface area contributed by atoms with E-state index in [2.05, 4.69) is 0 Å². The highest BCUT2D eigenvalue weighted by Gasteiger charge is 2.14. The highest BCUT2D eigenvalue weighted by atomic mass is 32.1. The fourth-order valence-electron chi connectivity index (χ4n) is 1.48. The van der Waals surface area contributed by atoms with Gasteiger partial charge in [0.25, 0.3) is 0 Å². The Morgan fingerprint density at radius 2 is 1.93 bits per heavy atom. The van der Waals surface area contributed by atoms with Crippen LogP contribution in [0.25, 0.3) is 10.1 Å². The Morgan fingerprint density at radius 3 is 2.57 bits per heavy atom. The molecule has 0 atom stereocenters. The largest absolute Gasteiger partial charge is 0.499 e. The van der Waals surface area contributed by atoms with E-state index in [9.17, 15) is 5.11 Å². The molecule has 0 aliphatic heterocycles. The molecule has 0 unspecified atom stereocenters. The normalized spacial score (nSPS) is 10.8. The van der Waals surface area contributed by atoms with Gasteiger partial charge in [-0.05, 0) is 35.5 Å². The zero-order valence-corrected chi connectivity index (χ0v) is 8.38. The summed E-state index contributed by atoms with van der Waals surface area (Å²) >= 11 is 1.23. The molecule has 0 fully saturated rings. The molecule has 0 aliphatic rings. The zero-order valence-electron chi connectivity index (χ0n) is 7.56. The van der Waals surface area contributed by atoms with E-state index in [1.165, 1.54) is 11.3 Å². The van der Waals surface area contributed by atoms with Gasteiger partial charge in [0.05, 0.1) is 0 Å². The molecular weight excluding hydrogens is 199 g/mol. The molecule has 1 heterocycles. The molecule has 0 aliphatic carbocycles. The van der Waals surface area contributed by atoms with E-state index in [-0.39, 0.29) is 5.06 Å². The van der Waals surface area contributed by atoms with Crippen LogP contribution in [0.1, 0.15) is 5.56 Å². The molecule has 0 radical (unpaired) electrons. The van der Waals surface area contributed by atoms with E-state index in [4.69, 9.17) is 10.0 Å². The third-order valence-corrected chi connectivity index (χ3v) is 3.04. The quantitative estimate of drug-likeness (QED) is 0.601. The molecule has 0 spiro atoms. The van der Waals surface area contributed by atoms with Gasteiger partial charge in [0.15, 0.2) is 5.06 Å². The highest BCUT2D eigenvalue weighted by Crippen LogP contribution is 2.31. The second-order valence-corrected chi connectivity index (χ2v) is 4.27. The maximum atomic E-state index is 9.30. The molecular formula is C9H9BO3S. The van der Waals surface area contributed by atoms with Crippen molar-refractivity contribution in [1.82, 2.24) is 0 Å². The third-order valence-electron chi connectivity index (χ3n) is 2.15. The van der Waals surface area contributed by atoms with Crippen LogP contribution in [0.2, 0.25) is 0 Å². The molecule has 0 saturated heterocycles. The van der Waals surface area contributed by atoms with Gasteiger partial charge in [-0.25, -0.2) is 0 Å². The number of aromatic hydroxyl groups is 1. The predicted octanol–water partition coefficient (Wildman–Crippen LogP) is 0.595. The van der Waals surface area contributed by atoms with Crippen molar-refractivity contribution in [3.8, 4) is 5.06 Å². The summed E-state index contributed by atoms with van der Waals surface area (Å²) in [6, 6.07) is 5.07. The predicted molar refractivity (Wildman–Crippen MR) is 58.1 cm³/mol. The van der Waals surface area contributed by atoms with Gasteiger partial charge in [0.2, 0.25) is 0 Å². The number of hydrogen-bond donors (Lipinski definition) is 3. The summed E-state index contributed by atoms with van der Waals surface area (Å²) in [6.45, 7) is 1.88. The van der Waals surface area contributed by atoms with Gasteiger partial charge in [0.1, 0.15) is 0 Å². The maximum absolute atomic E-state index is 9.30. The van der Waals surface area contributed by atoms with Crippen LogP contribution in [-0.2, 0) is 0 Å². The Kier molecular flexibility index (Phi) is 2.22. The first-order chi connectivity index (χ1) is 6.58. The summed E-state index contributed by atoms with van der Waals surface area (Å²) in [5, 5.41) is 28.5. The van der Waals surface area contributed by atoms with Crippen LogP contribution in [0.4, 0.5) is 0 Å². The van der Waals surface area contributed by atoms with Crippen molar-refractivity contribution in [2.45, 2.75) is 6.92 Å². The van der Waals surface area contributed by atoms with Crippen LogP contribution in [0.5, 0.6) is 5.06 Å². The van der Waals surface area contributed by atoms with Crippen molar-refractivity contribution in [3.05, 3.63) is 23.8 Å². The minimum Gasteiger partial charge on any atom is -0.499 e. The average molecular weight is 208 g/mol. The van der Waals surface area contributed by atoms with E-state index in [0.717, 1.165) is 15.6 Å². The molecule has 0 amide bonds. The van der Waals surface area contributed by atoms with E-state index in [1.807, 2.05) is 6.92 Å². The number of fused-ring (bicyclic) bond motifs is 1. The Labute approximate surface area is 85.4 Å². The minimum absolute atomic E-state index is 0.243. The van der Waals surface area contributed by atoms with E-state index in [1.54, 1.807) is 18.2 Å². The lowest BCUT2D eigenvalue weighted by atomic mass is 9.79. The van der Waals surface area contributed by atoms with Crippen molar-refractivity contribution in [1.29, 1.82) is 0 Å². The highest BCUT2D eigenvalue weighted by molar-refractivity contribution is 7.20. The second-order valence-electron chi connectivity index (χ2n) is 3.21. The monoisotopic (exact) mass is 208 g/mol. The van der Waals surface area contributed by atoms with Crippen molar-refractivity contribution < 1.29 is 15.2 Å². The first kappa shape index (κ1) is 9.52. The van der Waals surface area contributed by atoms with Gasteiger partial charge in [0, 0.05) is 4.70 Å². The second kappa shape index (κ2) is 3.27. The summed E-state index contributed by atoms with van der Waals surface area (Å²) in [4.78, 5) is 0. The molecule has 5 heteroatoms. The molecule has 1 aromatic heterocycles. The van der Waals surface area contributed by atoms with Crippen LogP contribution in [-0.4, -0.2) is 22.3 Å². The van der Waals surface area contributed by atoms with Gasteiger partial charge >= 0.3 is 7.12 Å². The first-order valence-electron chi connectivity index (χ1n) is 4.17. The standard InChI is InChI=1S/C9H9BO3S/c1-5-2-6(10(12)13)3-8-7(5)4-9(11)14-8/h2-4,11-13H,1H3. The number of thiophene rings is 1. The lowest BCUT2D eigenvalue weighted by Gasteiger charge is -2.01. The Morgan fingerprint density at radius 1 is 1.21 bits per heavy atom. The molecule has 1 aromatic carbocycles. The van der Waals surface area contributed by atoms with Gasteiger partial charge < -0.3 is 15.2 Å². The molecule has 14 heavy (non-hydrogen) atoms. The van der Waals surface area contributed by atoms with Crippen molar-refractivity contribution >= 4 is 34.0 Å². The number of aryl methyl sites for hydroxylation is 1. The Hall–Kier alpha value is -1.04. The lowest BCUT2D eigenvalue weighted by molar-refractivity contribution is 0.426. The van der Waals surface area contributed by atoms with Crippen molar-refractivity contribution in [3.63, 3.8) is 0 Å². The van der Waals surface area contributed by atoms with Gasteiger partial charge in [-0.3, -0.25) is 0 Å². The molecule has 3 N–H and O–H groups in total. The number of hydrogen-bond acceptors (Lipinski definition) is 4. The van der Waals surface area contributed by atoms with Crippen LogP contribution < -0.4 is 5.46 Å². The van der Waals surface area contributed by atoms with Gasteiger partial charge in [-0.1, -0.05) is 17.4 Å². The SMILES string of the molecule is Cc1cc(B(O)O)cc2sc(O)cc12. The summed E-state index contributed by atoms with van der Waals surface area (Å²) in [7, 11) is -1.46. The fraction of sp³-hybridized carbons (Fsp3) is 0.111. The molecule has 0 saturated carbocycles. The summed E-state index contributed by atoms with van der Waals surface area (Å²) in [6.07, 6.45) is 0. The van der Waals surface area contributed by atoms with Crippen LogP contribution in [0.3, 0.4) is 0 Å². The molecule has 3 nitrogen and oxygen atoms in total. The fourth-order valence-corrected chi connectivity index (χ4v) is 2.40. The smallest absolute Gasteiger partial charge is 0.488 e. The number of rotatable bonds is 1. The summed E-state index contributed by atoms with van der Waals surface area (Å²) < 4.78 is 0.866. The van der Waals surface area contributed by atoms with Crippen molar-refractivity contribution in [2.75, 3.05) is 0 Å². The molecule has 2 aromatic rings. The lowest BCUT2D eigenvalue weighted by Crippen LogP contribution is -2.29. The minimum atomic E-state index is -1.46. The van der Waals surface area contributed by atoms with Gasteiger partial charge in [-0.2, -0.15) is 0 Å². The van der Waals surface area contributed by atoms with Gasteiger partial charge in [-0.15, -0.1) is 0 Å². The molecule has 0 bridgehead atoms. The zero-order chi connectivity index (χ0) is 10.3. The topological polar surface area (TPSA) is 60.7 Å². The van der Waals surface area contributed by atoms with Crippen molar-refractivity contribution in [2.24, 2.45) is 0 Å². The maximum Gasteiger partial charge on any atom is 0.488 e. The van der Waals surface area contributed by atoms with Crippen LogP contribution >= 0.6 is 11.3 Å². The third kappa shape index (κ3) is 1.50.